The third kappa shape index (κ3) is 4.14. The van der Waals surface area contributed by atoms with Crippen LogP contribution in [-0.4, -0.2) is 40.4 Å². The Labute approximate surface area is 180 Å². The number of rotatable bonds is 5. The molecule has 3 aromatic rings. The zero-order valence-electron chi connectivity index (χ0n) is 16.5. The fraction of sp³-hybridized carbons (Fsp3) is 0.316. The fourth-order valence-corrected chi connectivity index (χ4v) is 4.02. The number of aryl methyl sites for hydroxylation is 1. The first-order chi connectivity index (χ1) is 14.9. The SMILES string of the molecule is Cn1ncc(NC(=O)c2nc(-c3c(F)cccc3F)sc2N)c1[C@H]1OC[C@H](CN)CO1. The number of nitrogens with two attached hydrogens (primary N) is 2. The number of thiazole rings is 1. The van der Waals surface area contributed by atoms with Gasteiger partial charge in [-0.2, -0.15) is 5.10 Å². The standard InChI is InChI=1S/C19H20F2N6O3S/c1-27-15(19-29-7-9(5-22)8-30-19)12(6-24-27)25-17(28)14-16(23)31-18(26-14)13-10(20)3-2-4-11(13)21/h2-4,6,9,19H,5,7-8,22-23H2,1H3,(H,25,28)/t9-,19-. The van der Waals surface area contributed by atoms with Crippen molar-refractivity contribution in [3.63, 3.8) is 0 Å². The van der Waals surface area contributed by atoms with Crippen molar-refractivity contribution in [1.29, 1.82) is 0 Å². The second-order valence-electron chi connectivity index (χ2n) is 6.95. The second kappa shape index (κ2) is 8.67. The molecule has 9 nitrogen and oxygen atoms in total. The summed E-state index contributed by atoms with van der Waals surface area (Å²) in [6.45, 7) is 1.27. The molecule has 5 N–H and O–H groups in total. The van der Waals surface area contributed by atoms with Gasteiger partial charge in [-0.1, -0.05) is 17.4 Å². The van der Waals surface area contributed by atoms with E-state index in [1.807, 2.05) is 0 Å². The van der Waals surface area contributed by atoms with E-state index in [2.05, 4.69) is 15.4 Å². The number of nitrogens with one attached hydrogen (secondary N) is 1. The lowest BCUT2D eigenvalue weighted by atomic mass is 10.1. The molecule has 0 radical (unpaired) electrons. The smallest absolute Gasteiger partial charge is 0.277 e. The van der Waals surface area contributed by atoms with Crippen molar-refractivity contribution in [2.75, 3.05) is 30.8 Å². The molecule has 0 atom stereocenters. The van der Waals surface area contributed by atoms with Crippen molar-refractivity contribution < 1.29 is 23.0 Å². The van der Waals surface area contributed by atoms with Crippen LogP contribution in [0.15, 0.2) is 24.4 Å². The van der Waals surface area contributed by atoms with Gasteiger partial charge in [0.15, 0.2) is 5.69 Å². The highest BCUT2D eigenvalue weighted by molar-refractivity contribution is 7.19. The van der Waals surface area contributed by atoms with Gasteiger partial charge in [0.05, 0.1) is 30.7 Å². The lowest BCUT2D eigenvalue weighted by Crippen LogP contribution is -2.33. The number of amides is 1. The number of carbonyl (C=O) groups excluding carboxylic acids is 1. The van der Waals surface area contributed by atoms with Crippen LogP contribution in [0.4, 0.5) is 19.5 Å². The van der Waals surface area contributed by atoms with E-state index in [1.54, 1.807) is 7.05 Å². The molecule has 3 heterocycles. The van der Waals surface area contributed by atoms with Crippen LogP contribution >= 0.6 is 11.3 Å². The minimum absolute atomic E-state index is 0.0246. The molecule has 1 amide bonds. The van der Waals surface area contributed by atoms with Crippen LogP contribution in [0, 0.1) is 17.6 Å². The van der Waals surface area contributed by atoms with E-state index < -0.39 is 23.8 Å². The van der Waals surface area contributed by atoms with Gasteiger partial charge in [0.1, 0.15) is 27.3 Å². The molecule has 1 aliphatic rings. The van der Waals surface area contributed by atoms with Crippen molar-refractivity contribution in [3.05, 3.63) is 47.4 Å². The number of hydrogen-bond acceptors (Lipinski definition) is 8. The maximum absolute atomic E-state index is 14.1. The first-order valence-electron chi connectivity index (χ1n) is 9.36. The van der Waals surface area contributed by atoms with Crippen molar-refractivity contribution in [1.82, 2.24) is 14.8 Å². The number of nitrogen functional groups attached to an aromatic ring is 1. The van der Waals surface area contributed by atoms with E-state index in [0.717, 1.165) is 23.5 Å². The molecule has 31 heavy (non-hydrogen) atoms. The molecule has 12 heteroatoms. The second-order valence-corrected chi connectivity index (χ2v) is 7.98. The van der Waals surface area contributed by atoms with Gasteiger partial charge < -0.3 is 26.3 Å². The van der Waals surface area contributed by atoms with Gasteiger partial charge >= 0.3 is 0 Å². The Kier molecular flexibility index (Phi) is 5.96. The van der Waals surface area contributed by atoms with Crippen molar-refractivity contribution in [2.45, 2.75) is 6.29 Å². The largest absolute Gasteiger partial charge is 0.389 e. The van der Waals surface area contributed by atoms with Gasteiger partial charge in [-0.05, 0) is 18.7 Å². The molecule has 0 spiro atoms. The van der Waals surface area contributed by atoms with Crippen molar-refractivity contribution in [3.8, 4) is 10.6 Å². The van der Waals surface area contributed by atoms with E-state index in [0.29, 0.717) is 31.1 Å². The van der Waals surface area contributed by atoms with Gasteiger partial charge in [0, 0.05) is 13.0 Å². The Balaban J connectivity index is 1.57. The third-order valence-electron chi connectivity index (χ3n) is 4.80. The molecule has 4 rings (SSSR count). The molecule has 164 valence electrons. The van der Waals surface area contributed by atoms with Crippen molar-refractivity contribution in [2.24, 2.45) is 18.7 Å². The first-order valence-corrected chi connectivity index (χ1v) is 10.2. The Morgan fingerprint density at radius 1 is 1.32 bits per heavy atom. The number of ether oxygens (including phenoxy) is 2. The molecule has 1 fully saturated rings. The number of carbonyl (C=O) groups is 1. The summed E-state index contributed by atoms with van der Waals surface area (Å²) in [6, 6.07) is 3.46. The van der Waals surface area contributed by atoms with E-state index in [-0.39, 0.29) is 27.2 Å². The maximum Gasteiger partial charge on any atom is 0.277 e. The highest BCUT2D eigenvalue weighted by Crippen LogP contribution is 2.35. The summed E-state index contributed by atoms with van der Waals surface area (Å²) in [5.74, 6) is -2.15. The molecular formula is C19H20F2N6O3S. The van der Waals surface area contributed by atoms with Gasteiger partial charge in [-0.25, -0.2) is 13.8 Å². The summed E-state index contributed by atoms with van der Waals surface area (Å²) in [4.78, 5) is 16.9. The normalized spacial score (nSPS) is 18.8. The van der Waals surface area contributed by atoms with Gasteiger partial charge in [0.25, 0.3) is 5.91 Å². The van der Waals surface area contributed by atoms with Crippen LogP contribution < -0.4 is 16.8 Å². The van der Waals surface area contributed by atoms with E-state index in [9.17, 15) is 13.6 Å². The Bertz CT molecular complexity index is 1090. The van der Waals surface area contributed by atoms with Gasteiger partial charge in [-0.3, -0.25) is 9.48 Å². The maximum atomic E-state index is 14.1. The molecule has 2 aromatic heterocycles. The van der Waals surface area contributed by atoms with Crippen molar-refractivity contribution >= 4 is 27.9 Å². The van der Waals surface area contributed by atoms with Gasteiger partial charge in [0.2, 0.25) is 6.29 Å². The minimum Gasteiger partial charge on any atom is -0.389 e. The van der Waals surface area contributed by atoms with E-state index in [1.165, 1.54) is 16.9 Å². The average Bonchev–Trinajstić information content (AvgIpc) is 3.30. The number of benzene rings is 1. The summed E-state index contributed by atoms with van der Waals surface area (Å²) in [5, 5.41) is 6.81. The monoisotopic (exact) mass is 450 g/mol. The summed E-state index contributed by atoms with van der Waals surface area (Å²) < 4.78 is 41.1. The lowest BCUT2D eigenvalue weighted by Gasteiger charge is -2.29. The summed E-state index contributed by atoms with van der Waals surface area (Å²) in [5.41, 5.74) is 11.9. The predicted molar refractivity (Wildman–Crippen MR) is 110 cm³/mol. The third-order valence-corrected chi connectivity index (χ3v) is 5.70. The highest BCUT2D eigenvalue weighted by Gasteiger charge is 2.29. The first kappa shape index (κ1) is 21.3. The minimum atomic E-state index is -0.794. The number of hydrogen-bond donors (Lipinski definition) is 3. The number of anilines is 2. The molecular weight excluding hydrogens is 430 g/mol. The van der Waals surface area contributed by atoms with Crippen LogP contribution in [0.25, 0.3) is 10.6 Å². The lowest BCUT2D eigenvalue weighted by molar-refractivity contribution is -0.206. The predicted octanol–water partition coefficient (Wildman–Crippen LogP) is 2.28. The van der Waals surface area contributed by atoms with Crippen LogP contribution in [0.1, 0.15) is 22.5 Å². The Morgan fingerprint density at radius 3 is 2.65 bits per heavy atom. The highest BCUT2D eigenvalue weighted by atomic mass is 32.1. The molecule has 0 unspecified atom stereocenters. The zero-order valence-corrected chi connectivity index (χ0v) is 17.3. The number of aromatic nitrogens is 3. The van der Waals surface area contributed by atoms with Crippen LogP contribution in [-0.2, 0) is 16.5 Å². The molecule has 0 bridgehead atoms. The number of halogens is 2. The van der Waals surface area contributed by atoms with Crippen LogP contribution in [0.3, 0.4) is 0 Å². The Morgan fingerprint density at radius 2 is 2.00 bits per heavy atom. The summed E-state index contributed by atoms with van der Waals surface area (Å²) in [7, 11) is 1.68. The molecule has 0 saturated carbocycles. The van der Waals surface area contributed by atoms with Crippen LogP contribution in [0.5, 0.6) is 0 Å². The molecule has 1 aromatic carbocycles. The summed E-state index contributed by atoms with van der Waals surface area (Å²) in [6.07, 6.45) is 0.705. The number of nitrogens with zero attached hydrogens (tertiary/aromatic N) is 3. The van der Waals surface area contributed by atoms with E-state index in [4.69, 9.17) is 20.9 Å². The zero-order chi connectivity index (χ0) is 22.1. The fourth-order valence-electron chi connectivity index (χ4n) is 3.15. The Hall–Kier alpha value is -2.93. The summed E-state index contributed by atoms with van der Waals surface area (Å²) >= 11 is 0.819. The molecule has 0 aliphatic carbocycles. The average molecular weight is 450 g/mol. The topological polar surface area (TPSA) is 130 Å². The van der Waals surface area contributed by atoms with Crippen LogP contribution in [0.2, 0.25) is 0 Å². The van der Waals surface area contributed by atoms with E-state index >= 15 is 0 Å². The molecule has 1 saturated heterocycles. The quantitative estimate of drug-likeness (QED) is 0.544. The van der Waals surface area contributed by atoms with Gasteiger partial charge in [-0.15, -0.1) is 0 Å². The molecule has 1 aliphatic heterocycles.